The minimum atomic E-state index is 0.776. The smallest absolute Gasteiger partial charge is 0.180 e. The molecule has 0 bridgehead atoms. The second kappa shape index (κ2) is 8.78. The molecule has 7 nitrogen and oxygen atoms in total. The van der Waals surface area contributed by atoms with Crippen molar-refractivity contribution in [3.63, 3.8) is 0 Å². The lowest BCUT2D eigenvalue weighted by molar-refractivity contribution is 0.800. The van der Waals surface area contributed by atoms with Gasteiger partial charge in [0, 0.05) is 39.6 Å². The lowest BCUT2D eigenvalue weighted by atomic mass is 10.1. The highest BCUT2D eigenvalue weighted by atomic mass is 15.4. The molecule has 0 saturated heterocycles. The fourth-order valence-electron chi connectivity index (χ4n) is 6.23. The van der Waals surface area contributed by atoms with Crippen LogP contribution in [0.15, 0.2) is 140 Å². The Morgan fingerprint density at radius 2 is 1.07 bits per heavy atom. The van der Waals surface area contributed by atoms with Gasteiger partial charge in [-0.15, -0.1) is 5.10 Å². The van der Waals surface area contributed by atoms with Crippen LogP contribution in [0.25, 0.3) is 66.5 Å². The Bertz CT molecular complexity index is 2370. The largest absolute Gasteiger partial charge is 0.309 e. The molecule has 0 radical (unpaired) electrons. The van der Waals surface area contributed by atoms with Crippen molar-refractivity contribution in [2.24, 2.45) is 0 Å². The normalized spacial score (nSPS) is 11.8. The van der Waals surface area contributed by atoms with Gasteiger partial charge in [-0.05, 0) is 54.6 Å². The molecule has 0 aliphatic heterocycles. The van der Waals surface area contributed by atoms with Crippen LogP contribution in [0.3, 0.4) is 0 Å². The second-order valence-electron chi connectivity index (χ2n) is 10.4. The summed E-state index contributed by atoms with van der Waals surface area (Å²) in [6, 6.07) is 42.3. The third kappa shape index (κ3) is 3.31. The average Bonchev–Trinajstić information content (AvgIpc) is 3.85. The summed E-state index contributed by atoms with van der Waals surface area (Å²) in [5.74, 6) is 0.776. The summed E-state index contributed by atoms with van der Waals surface area (Å²) >= 11 is 0. The van der Waals surface area contributed by atoms with Crippen LogP contribution in [0.4, 0.5) is 0 Å². The minimum Gasteiger partial charge on any atom is -0.309 e. The standard InChI is InChI=1S/C35H23N7/c1-4-14-31-29(13-1)30-18-17-25(39-20-8-19-36-39)22-34(30)41(31)26-10-7-9-24(21-26)40-23-35(37-38-40)42-32-15-5-2-11-27(32)28-12-3-6-16-33(28)42/h1-23H. The van der Waals surface area contributed by atoms with E-state index in [-0.39, 0.29) is 0 Å². The zero-order valence-electron chi connectivity index (χ0n) is 22.4. The van der Waals surface area contributed by atoms with Crippen LogP contribution in [-0.2, 0) is 0 Å². The monoisotopic (exact) mass is 541 g/mol. The Morgan fingerprint density at radius 3 is 1.76 bits per heavy atom. The topological polar surface area (TPSA) is 58.4 Å². The fraction of sp³-hybridized carbons (Fsp3) is 0. The number of benzene rings is 5. The number of para-hydroxylation sites is 3. The molecule has 5 aromatic carbocycles. The van der Waals surface area contributed by atoms with Crippen molar-refractivity contribution >= 4 is 43.6 Å². The molecule has 9 aromatic rings. The molecule has 0 aliphatic rings. The molecular weight excluding hydrogens is 518 g/mol. The molecule has 4 heterocycles. The highest BCUT2D eigenvalue weighted by Gasteiger charge is 2.16. The Hall–Kier alpha value is -5.95. The molecule has 9 rings (SSSR count). The Kier molecular flexibility index (Phi) is 4.77. The quantitative estimate of drug-likeness (QED) is 0.230. The fourth-order valence-corrected chi connectivity index (χ4v) is 6.23. The molecule has 0 saturated carbocycles. The predicted octanol–water partition coefficient (Wildman–Crippen LogP) is 7.65. The molecule has 0 N–H and O–H groups in total. The van der Waals surface area contributed by atoms with E-state index >= 15 is 0 Å². The first kappa shape index (κ1) is 22.8. The van der Waals surface area contributed by atoms with Gasteiger partial charge in [-0.1, -0.05) is 71.9 Å². The van der Waals surface area contributed by atoms with Crippen LogP contribution in [0.5, 0.6) is 0 Å². The molecule has 7 heteroatoms. The van der Waals surface area contributed by atoms with E-state index in [0.717, 1.165) is 44.9 Å². The van der Waals surface area contributed by atoms with Gasteiger partial charge >= 0.3 is 0 Å². The molecule has 0 aliphatic carbocycles. The number of rotatable bonds is 4. The predicted molar refractivity (Wildman–Crippen MR) is 167 cm³/mol. The highest BCUT2D eigenvalue weighted by Crippen LogP contribution is 2.34. The first-order valence-electron chi connectivity index (χ1n) is 13.9. The lowest BCUT2D eigenvalue weighted by Gasteiger charge is -2.11. The van der Waals surface area contributed by atoms with E-state index in [1.54, 1.807) is 6.20 Å². The zero-order valence-corrected chi connectivity index (χ0v) is 22.4. The maximum absolute atomic E-state index is 4.63. The molecule has 0 unspecified atom stereocenters. The van der Waals surface area contributed by atoms with Crippen LogP contribution < -0.4 is 0 Å². The van der Waals surface area contributed by atoms with E-state index < -0.39 is 0 Å². The van der Waals surface area contributed by atoms with Gasteiger partial charge in [0.15, 0.2) is 5.82 Å². The molecule has 42 heavy (non-hydrogen) atoms. The SMILES string of the molecule is c1cc(-n2cc(-n3c4ccccc4c4ccccc43)nn2)cc(-n2c3ccccc3c3ccc(-n4cccn4)cc32)c1. The molecular formula is C35H23N7. The Labute approximate surface area is 240 Å². The summed E-state index contributed by atoms with van der Waals surface area (Å²) < 4.78 is 8.24. The zero-order chi connectivity index (χ0) is 27.6. The van der Waals surface area contributed by atoms with Crippen molar-refractivity contribution in [2.75, 3.05) is 0 Å². The van der Waals surface area contributed by atoms with Crippen LogP contribution >= 0.6 is 0 Å². The van der Waals surface area contributed by atoms with E-state index in [1.807, 2.05) is 27.8 Å². The van der Waals surface area contributed by atoms with E-state index in [2.05, 4.69) is 140 Å². The first-order chi connectivity index (χ1) is 20.8. The molecule has 0 spiro atoms. The van der Waals surface area contributed by atoms with E-state index in [0.29, 0.717) is 0 Å². The summed E-state index contributed by atoms with van der Waals surface area (Å²) in [6.07, 6.45) is 5.77. The maximum Gasteiger partial charge on any atom is 0.180 e. The third-order valence-corrected chi connectivity index (χ3v) is 8.07. The summed E-state index contributed by atoms with van der Waals surface area (Å²) in [5.41, 5.74) is 7.47. The van der Waals surface area contributed by atoms with Gasteiger partial charge in [-0.25, -0.2) is 9.36 Å². The summed E-state index contributed by atoms with van der Waals surface area (Å²) in [5, 5.41) is 18.5. The average molecular weight is 542 g/mol. The molecule has 198 valence electrons. The minimum absolute atomic E-state index is 0.776. The Balaban J connectivity index is 1.21. The third-order valence-electron chi connectivity index (χ3n) is 8.07. The van der Waals surface area contributed by atoms with Crippen molar-refractivity contribution in [2.45, 2.75) is 0 Å². The van der Waals surface area contributed by atoms with E-state index in [1.165, 1.54) is 21.5 Å². The number of aromatic nitrogens is 7. The Morgan fingerprint density at radius 1 is 0.452 bits per heavy atom. The maximum atomic E-state index is 4.63. The van der Waals surface area contributed by atoms with Crippen LogP contribution in [0.2, 0.25) is 0 Å². The van der Waals surface area contributed by atoms with Crippen molar-refractivity contribution in [1.29, 1.82) is 0 Å². The number of hydrogen-bond acceptors (Lipinski definition) is 3. The van der Waals surface area contributed by atoms with Crippen molar-refractivity contribution < 1.29 is 0 Å². The number of hydrogen-bond donors (Lipinski definition) is 0. The molecule has 4 aromatic heterocycles. The van der Waals surface area contributed by atoms with Crippen molar-refractivity contribution in [3.8, 4) is 22.9 Å². The summed E-state index contributed by atoms with van der Waals surface area (Å²) in [7, 11) is 0. The van der Waals surface area contributed by atoms with Gasteiger partial charge in [0.1, 0.15) is 0 Å². The molecule has 0 amide bonds. The van der Waals surface area contributed by atoms with E-state index in [4.69, 9.17) is 0 Å². The summed E-state index contributed by atoms with van der Waals surface area (Å²) in [6.45, 7) is 0. The molecule has 0 fully saturated rings. The van der Waals surface area contributed by atoms with Crippen LogP contribution in [0.1, 0.15) is 0 Å². The second-order valence-corrected chi connectivity index (χ2v) is 10.4. The molecule has 0 atom stereocenters. The van der Waals surface area contributed by atoms with Crippen molar-refractivity contribution in [3.05, 3.63) is 140 Å². The van der Waals surface area contributed by atoms with Crippen LogP contribution in [-0.4, -0.2) is 33.9 Å². The van der Waals surface area contributed by atoms with Crippen LogP contribution in [0, 0.1) is 0 Å². The van der Waals surface area contributed by atoms with Gasteiger partial charge in [-0.2, -0.15) is 5.10 Å². The van der Waals surface area contributed by atoms with Gasteiger partial charge in [0.2, 0.25) is 0 Å². The van der Waals surface area contributed by atoms with Crippen molar-refractivity contribution in [1.82, 2.24) is 33.9 Å². The highest BCUT2D eigenvalue weighted by molar-refractivity contribution is 6.10. The first-order valence-corrected chi connectivity index (χ1v) is 13.9. The van der Waals surface area contributed by atoms with E-state index in [9.17, 15) is 0 Å². The number of nitrogens with zero attached hydrogens (tertiary/aromatic N) is 7. The van der Waals surface area contributed by atoms with Gasteiger partial charge < -0.3 is 4.57 Å². The number of fused-ring (bicyclic) bond motifs is 6. The van der Waals surface area contributed by atoms with Gasteiger partial charge in [-0.3, -0.25) is 4.57 Å². The van der Waals surface area contributed by atoms with Gasteiger partial charge in [0.25, 0.3) is 0 Å². The summed E-state index contributed by atoms with van der Waals surface area (Å²) in [4.78, 5) is 0. The van der Waals surface area contributed by atoms with Gasteiger partial charge in [0.05, 0.1) is 39.6 Å². The lowest BCUT2D eigenvalue weighted by Crippen LogP contribution is -2.00.